The summed E-state index contributed by atoms with van der Waals surface area (Å²) in [5, 5.41) is 14.3. The minimum Gasteiger partial charge on any atom is -0.454 e. The molecule has 0 radical (unpaired) electrons. The molecule has 0 unspecified atom stereocenters. The molecular weight excluding hydrogens is 620 g/mol. The number of rotatable bonds is 10. The van der Waals surface area contributed by atoms with Crippen molar-refractivity contribution < 1.29 is 33.7 Å². The molecule has 0 spiro atoms. The Bertz CT molecular complexity index is 1320. The van der Waals surface area contributed by atoms with E-state index in [0.29, 0.717) is 6.41 Å². The van der Waals surface area contributed by atoms with Crippen LogP contribution in [0.4, 0.5) is 0 Å². The summed E-state index contributed by atoms with van der Waals surface area (Å²) in [6.07, 6.45) is 29.7. The van der Waals surface area contributed by atoms with Gasteiger partial charge in [-0.2, -0.15) is 0 Å². The maximum Gasteiger partial charge on any atom is 0.331 e. The summed E-state index contributed by atoms with van der Waals surface area (Å²) in [5.41, 5.74) is 3.90. The van der Waals surface area contributed by atoms with Crippen LogP contribution in [0.3, 0.4) is 0 Å². The number of amides is 2. The second-order valence-corrected chi connectivity index (χ2v) is 12.3. The Morgan fingerprint density at radius 1 is 1.00 bits per heavy atom. The van der Waals surface area contributed by atoms with E-state index >= 15 is 0 Å². The minimum absolute atomic E-state index is 0.00523. The summed E-state index contributed by atoms with van der Waals surface area (Å²) >= 11 is 0. The Kier molecular flexibility index (Phi) is 21.9. The highest BCUT2D eigenvalue weighted by molar-refractivity contribution is 5.84. The summed E-state index contributed by atoms with van der Waals surface area (Å²) in [4.78, 5) is 35.9. The fourth-order valence-electron chi connectivity index (χ4n) is 4.78. The van der Waals surface area contributed by atoms with Gasteiger partial charge in [-0.05, 0) is 58.4 Å². The van der Waals surface area contributed by atoms with Crippen molar-refractivity contribution in [2.75, 3.05) is 27.4 Å². The molecule has 3 N–H and O–H groups in total. The number of carbonyl (C=O) groups is 3. The van der Waals surface area contributed by atoms with E-state index in [-0.39, 0.29) is 30.6 Å². The molecule has 9 heteroatoms. The Morgan fingerprint density at radius 3 is 2.37 bits per heavy atom. The molecule has 49 heavy (non-hydrogen) atoms. The molecule has 1 aliphatic heterocycles. The van der Waals surface area contributed by atoms with Crippen molar-refractivity contribution in [3.8, 4) is 0 Å². The third-order valence-corrected chi connectivity index (χ3v) is 7.88. The number of ether oxygens (including phenoxy) is 3. The summed E-state index contributed by atoms with van der Waals surface area (Å²) in [5.74, 6) is -1.10. The van der Waals surface area contributed by atoms with Gasteiger partial charge in [0, 0.05) is 32.8 Å². The second kappa shape index (κ2) is 25.0. The van der Waals surface area contributed by atoms with E-state index in [2.05, 4.69) is 41.9 Å². The fourth-order valence-corrected chi connectivity index (χ4v) is 4.78. The summed E-state index contributed by atoms with van der Waals surface area (Å²) < 4.78 is 17.3. The van der Waals surface area contributed by atoms with Gasteiger partial charge in [0.1, 0.15) is 12.1 Å². The molecule has 270 valence electrons. The van der Waals surface area contributed by atoms with Gasteiger partial charge in [-0.1, -0.05) is 110 Å². The van der Waals surface area contributed by atoms with E-state index in [1.807, 2.05) is 89.3 Å². The third-order valence-electron chi connectivity index (χ3n) is 7.88. The number of allylic oxidation sites excluding steroid dienone is 11. The van der Waals surface area contributed by atoms with E-state index in [4.69, 9.17) is 14.2 Å². The molecule has 0 bridgehead atoms. The molecule has 0 saturated carbocycles. The lowest BCUT2D eigenvalue weighted by Gasteiger charge is -2.22. The predicted octanol–water partition coefficient (Wildman–Crippen LogP) is 6.17. The normalized spacial score (nSPS) is 30.1. The zero-order chi connectivity index (χ0) is 36.6. The molecule has 0 fully saturated rings. The average molecular weight is 679 g/mol. The highest BCUT2D eigenvalue weighted by atomic mass is 16.5. The smallest absolute Gasteiger partial charge is 0.331 e. The van der Waals surface area contributed by atoms with E-state index < -0.39 is 30.6 Å². The van der Waals surface area contributed by atoms with Gasteiger partial charge in [0.15, 0.2) is 0 Å². The third kappa shape index (κ3) is 18.9. The first-order valence-electron chi connectivity index (χ1n) is 16.8. The van der Waals surface area contributed by atoms with Crippen LogP contribution in [-0.4, -0.2) is 75.1 Å². The van der Waals surface area contributed by atoms with Crippen LogP contribution in [0.15, 0.2) is 107 Å². The quantitative estimate of drug-likeness (QED) is 0.143. The number of nitrogens with one attached hydrogen (secondary N) is 2. The van der Waals surface area contributed by atoms with Crippen LogP contribution >= 0.6 is 0 Å². The Morgan fingerprint density at radius 2 is 1.69 bits per heavy atom. The van der Waals surface area contributed by atoms with Crippen molar-refractivity contribution in [1.29, 1.82) is 0 Å². The first kappa shape index (κ1) is 43.0. The highest BCUT2D eigenvalue weighted by Crippen LogP contribution is 2.20. The molecule has 9 nitrogen and oxygen atoms in total. The standard InChI is InChI=1S/C40H58N2O7/c1-29-13-11-17-35(47-7)16-10-9-15-33(5)39(34(6)23-21-32(4)26-41-40(46)37(27-43)42-28-44)49-38(45)24-22-30(2)19-20-31(3)25-36(48-8)18-12-14-29/h9-10,12-16,19-25,28,30,33,35-37,39,43H,11,17-18,26-27H2,1-8H3,(H,41,46)(H,42,44)/b14-12+,15-9+,16-10+,20-19+,24-22+,29-13+,31-25+,32-21+,34-23+/t30-,33+,35+,36-,37+,39+/m1/s1. The highest BCUT2D eigenvalue weighted by Gasteiger charge is 2.21. The lowest BCUT2D eigenvalue weighted by Crippen LogP contribution is -2.46. The first-order chi connectivity index (χ1) is 23.4. The van der Waals surface area contributed by atoms with Crippen LogP contribution in [-0.2, 0) is 28.6 Å². The van der Waals surface area contributed by atoms with Crippen molar-refractivity contribution in [1.82, 2.24) is 10.6 Å². The molecule has 1 heterocycles. The molecule has 6 atom stereocenters. The van der Waals surface area contributed by atoms with Crippen molar-refractivity contribution in [2.45, 2.75) is 85.2 Å². The maximum absolute atomic E-state index is 13.0. The van der Waals surface area contributed by atoms with Crippen LogP contribution in [0, 0.1) is 11.8 Å². The van der Waals surface area contributed by atoms with E-state index in [0.717, 1.165) is 36.0 Å². The van der Waals surface area contributed by atoms with Gasteiger partial charge >= 0.3 is 5.97 Å². The number of hydrogen-bond acceptors (Lipinski definition) is 7. The Balaban J connectivity index is 3.31. The molecule has 0 saturated heterocycles. The summed E-state index contributed by atoms with van der Waals surface area (Å²) in [6.45, 7) is 11.6. The first-order valence-corrected chi connectivity index (χ1v) is 16.8. The van der Waals surface area contributed by atoms with Crippen molar-refractivity contribution in [3.05, 3.63) is 107 Å². The van der Waals surface area contributed by atoms with Gasteiger partial charge in [0.25, 0.3) is 0 Å². The predicted molar refractivity (Wildman–Crippen MR) is 197 cm³/mol. The number of cyclic esters (lactones) is 1. The van der Waals surface area contributed by atoms with Crippen molar-refractivity contribution in [2.24, 2.45) is 11.8 Å². The van der Waals surface area contributed by atoms with Gasteiger partial charge in [0.05, 0.1) is 18.8 Å². The van der Waals surface area contributed by atoms with Crippen LogP contribution in [0.2, 0.25) is 0 Å². The molecule has 1 aliphatic rings. The number of aliphatic hydroxyl groups excluding tert-OH is 1. The summed E-state index contributed by atoms with van der Waals surface area (Å²) in [6, 6.07) is -1.01. The second-order valence-electron chi connectivity index (χ2n) is 12.3. The summed E-state index contributed by atoms with van der Waals surface area (Å²) in [7, 11) is 3.41. The van der Waals surface area contributed by atoms with Crippen molar-refractivity contribution >= 4 is 18.3 Å². The SMILES string of the molecule is CO[C@H]1/C=C(C)/C=C/[C@@H](C)/C=C/C(=O)O[C@H](/C(C)=C/C=C(\C)CNC(=O)[C@H](CO)NC=O)[C@@H](C)/C=C/C=C/[C@H](OC)CC/C=C(C)/C=C/C1. The molecule has 1 rings (SSSR count). The molecule has 0 aliphatic carbocycles. The molecule has 0 aromatic rings. The van der Waals surface area contributed by atoms with Crippen LogP contribution in [0.5, 0.6) is 0 Å². The van der Waals surface area contributed by atoms with Gasteiger partial charge in [-0.3, -0.25) is 9.59 Å². The zero-order valence-corrected chi connectivity index (χ0v) is 30.6. The van der Waals surface area contributed by atoms with Gasteiger partial charge in [0.2, 0.25) is 12.3 Å². The van der Waals surface area contributed by atoms with E-state index in [9.17, 15) is 19.5 Å². The lowest BCUT2D eigenvalue weighted by molar-refractivity contribution is -0.142. The molecule has 2 amide bonds. The number of hydrogen-bond donors (Lipinski definition) is 3. The monoisotopic (exact) mass is 678 g/mol. The van der Waals surface area contributed by atoms with Gasteiger partial charge in [-0.15, -0.1) is 0 Å². The van der Waals surface area contributed by atoms with Crippen LogP contribution in [0.1, 0.15) is 60.8 Å². The number of carbonyl (C=O) groups excluding carboxylic acids is 3. The number of aliphatic hydroxyl groups is 1. The lowest BCUT2D eigenvalue weighted by atomic mass is 9.96. The number of methoxy groups -OCH3 is 2. The zero-order valence-electron chi connectivity index (χ0n) is 30.6. The Hall–Kier alpha value is -4.05. The number of esters is 1. The minimum atomic E-state index is -1.01. The van der Waals surface area contributed by atoms with E-state index in [1.54, 1.807) is 14.2 Å². The fraction of sp³-hybridized carbons (Fsp3) is 0.475. The van der Waals surface area contributed by atoms with Gasteiger partial charge in [-0.25, -0.2) is 4.79 Å². The van der Waals surface area contributed by atoms with Crippen LogP contribution in [0.25, 0.3) is 0 Å². The largest absolute Gasteiger partial charge is 0.454 e. The topological polar surface area (TPSA) is 123 Å². The molecular formula is C40H58N2O7. The average Bonchev–Trinajstić information content (AvgIpc) is 3.08. The molecule has 0 aromatic heterocycles. The van der Waals surface area contributed by atoms with Crippen molar-refractivity contribution in [3.63, 3.8) is 0 Å². The molecule has 0 aromatic carbocycles. The van der Waals surface area contributed by atoms with Crippen LogP contribution < -0.4 is 10.6 Å². The Labute approximate surface area is 293 Å². The van der Waals surface area contributed by atoms with Gasteiger partial charge < -0.3 is 30.0 Å². The maximum atomic E-state index is 13.0. The van der Waals surface area contributed by atoms with E-state index in [1.165, 1.54) is 11.6 Å².